The number of ether oxygens (including phenoxy) is 1. The zero-order chi connectivity index (χ0) is 20.1. The van der Waals surface area contributed by atoms with E-state index in [0.29, 0.717) is 11.1 Å². The van der Waals surface area contributed by atoms with E-state index in [1.807, 2.05) is 19.1 Å². The maximum absolute atomic E-state index is 12.3. The molecule has 0 bridgehead atoms. The van der Waals surface area contributed by atoms with Crippen LogP contribution in [0.2, 0.25) is 0 Å². The van der Waals surface area contributed by atoms with Crippen LogP contribution in [0.5, 0.6) is 0 Å². The fourth-order valence-corrected chi connectivity index (χ4v) is 4.07. The summed E-state index contributed by atoms with van der Waals surface area (Å²) in [6, 6.07) is 9.50. The Hall–Kier alpha value is -2.62. The third-order valence-electron chi connectivity index (χ3n) is 5.47. The molecule has 6 nitrogen and oxygen atoms in total. The van der Waals surface area contributed by atoms with Gasteiger partial charge in [-0.25, -0.2) is 0 Å². The highest BCUT2D eigenvalue weighted by Gasteiger charge is 2.24. The first kappa shape index (κ1) is 20.1. The lowest BCUT2D eigenvalue weighted by atomic mass is 9.98. The fourth-order valence-electron chi connectivity index (χ4n) is 4.07. The maximum atomic E-state index is 12.3. The van der Waals surface area contributed by atoms with Gasteiger partial charge in [0.15, 0.2) is 0 Å². The van der Waals surface area contributed by atoms with Gasteiger partial charge in [0.1, 0.15) is 0 Å². The average Bonchev–Trinajstić information content (AvgIpc) is 3.00. The van der Waals surface area contributed by atoms with Gasteiger partial charge in [-0.2, -0.15) is 5.26 Å². The van der Waals surface area contributed by atoms with Crippen molar-refractivity contribution >= 4 is 5.91 Å². The van der Waals surface area contributed by atoms with Gasteiger partial charge in [0, 0.05) is 43.1 Å². The average molecular weight is 380 g/mol. The highest BCUT2D eigenvalue weighted by molar-refractivity contribution is 6.02. The number of benzene rings is 1. The first-order valence-corrected chi connectivity index (χ1v) is 9.89. The summed E-state index contributed by atoms with van der Waals surface area (Å²) in [6.45, 7) is 9.51. The molecule has 1 aliphatic rings. The molecule has 1 amide bonds. The van der Waals surface area contributed by atoms with E-state index in [1.165, 1.54) is 0 Å². The lowest BCUT2D eigenvalue weighted by Gasteiger charge is -2.26. The minimum Gasteiger partial charge on any atom is -0.379 e. The molecule has 0 spiro atoms. The van der Waals surface area contributed by atoms with Crippen LogP contribution in [-0.2, 0) is 17.7 Å². The van der Waals surface area contributed by atoms with Crippen molar-refractivity contribution in [1.29, 1.82) is 5.26 Å². The molecule has 1 saturated heterocycles. The van der Waals surface area contributed by atoms with E-state index < -0.39 is 5.91 Å². The predicted molar refractivity (Wildman–Crippen MR) is 109 cm³/mol. The van der Waals surface area contributed by atoms with E-state index in [1.54, 1.807) is 12.1 Å². The minimum atomic E-state index is -0.404. The second-order valence-electron chi connectivity index (χ2n) is 7.15. The minimum absolute atomic E-state index is 0.404. The number of hydrogen-bond donors (Lipinski definition) is 1. The van der Waals surface area contributed by atoms with Crippen LogP contribution in [0.15, 0.2) is 24.3 Å². The maximum Gasteiger partial charge on any atom is 0.251 e. The number of carbonyl (C=O) groups excluding carboxylic acids is 1. The molecule has 2 aromatic rings. The second-order valence-corrected chi connectivity index (χ2v) is 7.15. The van der Waals surface area contributed by atoms with Crippen LogP contribution in [0.1, 0.15) is 40.7 Å². The van der Waals surface area contributed by atoms with Crippen LogP contribution >= 0.6 is 0 Å². The Balaban J connectivity index is 1.91. The van der Waals surface area contributed by atoms with Crippen molar-refractivity contribution in [1.82, 2.24) is 9.47 Å². The van der Waals surface area contributed by atoms with E-state index in [9.17, 15) is 4.79 Å². The second kappa shape index (κ2) is 9.05. The number of nitrogens with zero attached hydrogens (tertiary/aromatic N) is 3. The molecule has 28 heavy (non-hydrogen) atoms. The number of hydrogen-bond acceptors (Lipinski definition) is 4. The molecule has 1 fully saturated rings. The third-order valence-corrected chi connectivity index (χ3v) is 5.47. The molecule has 1 aromatic heterocycles. The molecule has 0 radical (unpaired) electrons. The molecule has 0 unspecified atom stereocenters. The topological polar surface area (TPSA) is 84.3 Å². The van der Waals surface area contributed by atoms with Gasteiger partial charge in [-0.1, -0.05) is 19.1 Å². The Morgan fingerprint density at radius 3 is 2.46 bits per heavy atom. The number of nitriles is 1. The van der Waals surface area contributed by atoms with E-state index >= 15 is 0 Å². The number of aromatic nitrogens is 1. The Morgan fingerprint density at radius 1 is 1.21 bits per heavy atom. The molecule has 3 rings (SSSR count). The predicted octanol–water partition coefficient (Wildman–Crippen LogP) is 2.72. The van der Waals surface area contributed by atoms with Crippen LogP contribution in [-0.4, -0.2) is 48.2 Å². The summed E-state index contributed by atoms with van der Waals surface area (Å²) in [5.41, 5.74) is 10.8. The number of carbonyl (C=O) groups is 1. The number of nitrogens with two attached hydrogens (primary N) is 1. The first-order chi connectivity index (χ1) is 13.6. The van der Waals surface area contributed by atoms with Crippen LogP contribution in [0.25, 0.3) is 11.1 Å². The molecule has 1 aromatic carbocycles. The number of rotatable bonds is 7. The Kier molecular flexibility index (Phi) is 6.50. The van der Waals surface area contributed by atoms with Gasteiger partial charge in [0.25, 0.3) is 5.91 Å². The Morgan fingerprint density at radius 2 is 1.89 bits per heavy atom. The molecule has 148 valence electrons. The molecular weight excluding hydrogens is 352 g/mol. The summed E-state index contributed by atoms with van der Waals surface area (Å²) in [6.07, 6.45) is 1.81. The molecule has 0 aliphatic carbocycles. The van der Waals surface area contributed by atoms with Crippen molar-refractivity contribution in [2.75, 3.05) is 32.8 Å². The normalized spacial score (nSPS) is 14.8. The van der Waals surface area contributed by atoms with Crippen molar-refractivity contribution in [2.24, 2.45) is 5.73 Å². The zero-order valence-electron chi connectivity index (χ0n) is 16.7. The molecule has 6 heteroatoms. The highest BCUT2D eigenvalue weighted by atomic mass is 16.5. The number of primary amides is 1. The van der Waals surface area contributed by atoms with Gasteiger partial charge < -0.3 is 15.0 Å². The standard InChI is InChI=1S/C22H28N4O2/c1-3-19-21(18-7-5-17(15-23)6-8-18)20(22(24)27)16(2)26(19)10-4-9-25-11-13-28-14-12-25/h5-8H,3-4,9-14H2,1-2H3,(H2,24,27). The third kappa shape index (κ3) is 4.11. The van der Waals surface area contributed by atoms with Crippen LogP contribution in [0, 0.1) is 18.3 Å². The SMILES string of the molecule is CCc1c(-c2ccc(C#N)cc2)c(C(N)=O)c(C)n1CCCN1CCOCC1. The highest BCUT2D eigenvalue weighted by Crippen LogP contribution is 2.33. The lowest BCUT2D eigenvalue weighted by molar-refractivity contribution is 0.0369. The zero-order valence-corrected chi connectivity index (χ0v) is 16.7. The van der Waals surface area contributed by atoms with Gasteiger partial charge in [0.05, 0.1) is 30.4 Å². The molecule has 1 aliphatic heterocycles. The number of amides is 1. The lowest BCUT2D eigenvalue weighted by Crippen LogP contribution is -2.37. The van der Waals surface area contributed by atoms with Gasteiger partial charge >= 0.3 is 0 Å². The van der Waals surface area contributed by atoms with Crippen molar-refractivity contribution in [2.45, 2.75) is 33.2 Å². The Labute approximate surface area is 166 Å². The van der Waals surface area contributed by atoms with E-state index in [2.05, 4.69) is 22.5 Å². The summed E-state index contributed by atoms with van der Waals surface area (Å²) in [5.74, 6) is -0.404. The van der Waals surface area contributed by atoms with Gasteiger partial charge in [0.2, 0.25) is 0 Å². The summed E-state index contributed by atoms with van der Waals surface area (Å²) >= 11 is 0. The van der Waals surface area contributed by atoms with E-state index in [-0.39, 0.29) is 0 Å². The van der Waals surface area contributed by atoms with Crippen LogP contribution < -0.4 is 5.73 Å². The smallest absolute Gasteiger partial charge is 0.251 e. The molecule has 2 heterocycles. The summed E-state index contributed by atoms with van der Waals surface area (Å²) < 4.78 is 7.66. The monoisotopic (exact) mass is 380 g/mol. The summed E-state index contributed by atoms with van der Waals surface area (Å²) in [4.78, 5) is 14.7. The fraction of sp³-hybridized carbons (Fsp3) is 0.455. The molecule has 0 atom stereocenters. The van der Waals surface area contributed by atoms with E-state index in [0.717, 1.165) is 74.7 Å². The van der Waals surface area contributed by atoms with Gasteiger partial charge in [-0.15, -0.1) is 0 Å². The summed E-state index contributed by atoms with van der Waals surface area (Å²) in [7, 11) is 0. The largest absolute Gasteiger partial charge is 0.379 e. The van der Waals surface area contributed by atoms with E-state index in [4.69, 9.17) is 15.7 Å². The van der Waals surface area contributed by atoms with Gasteiger partial charge in [-0.05, 0) is 37.5 Å². The summed E-state index contributed by atoms with van der Waals surface area (Å²) in [5, 5.41) is 9.06. The van der Waals surface area contributed by atoms with Crippen molar-refractivity contribution < 1.29 is 9.53 Å². The van der Waals surface area contributed by atoms with Crippen molar-refractivity contribution in [3.8, 4) is 17.2 Å². The van der Waals surface area contributed by atoms with Gasteiger partial charge in [-0.3, -0.25) is 9.69 Å². The number of morpholine rings is 1. The Bertz CT molecular complexity index is 871. The molecule has 0 saturated carbocycles. The van der Waals surface area contributed by atoms with Crippen LogP contribution in [0.3, 0.4) is 0 Å². The molecular formula is C22H28N4O2. The quantitative estimate of drug-likeness (QED) is 0.800. The van der Waals surface area contributed by atoms with Crippen molar-refractivity contribution in [3.05, 3.63) is 46.8 Å². The first-order valence-electron chi connectivity index (χ1n) is 9.89. The molecule has 2 N–H and O–H groups in total. The van der Waals surface area contributed by atoms with Crippen molar-refractivity contribution in [3.63, 3.8) is 0 Å². The van der Waals surface area contributed by atoms with Crippen LogP contribution in [0.4, 0.5) is 0 Å².